The number of urea groups is 1. The molecule has 1 unspecified atom stereocenters. The average molecular weight is 440 g/mol. The summed E-state index contributed by atoms with van der Waals surface area (Å²) in [7, 11) is 0. The topological polar surface area (TPSA) is 75.4 Å². The van der Waals surface area contributed by atoms with Gasteiger partial charge in [0.1, 0.15) is 22.2 Å². The summed E-state index contributed by atoms with van der Waals surface area (Å²) in [5, 5.41) is 1.73. The van der Waals surface area contributed by atoms with Crippen molar-refractivity contribution in [1.82, 2.24) is 10.2 Å². The highest BCUT2D eigenvalue weighted by Crippen LogP contribution is 2.55. The van der Waals surface area contributed by atoms with Crippen LogP contribution in [0.4, 0.5) is 26.7 Å². The van der Waals surface area contributed by atoms with Crippen LogP contribution in [0.25, 0.3) is 0 Å². The zero-order valence-corrected chi connectivity index (χ0v) is 16.1. The molecular formula is C18H19ClF5N3O2. The first-order chi connectivity index (χ1) is 13.4. The van der Waals surface area contributed by atoms with E-state index >= 15 is 0 Å². The van der Waals surface area contributed by atoms with E-state index in [1.807, 2.05) is 0 Å². The maximum Gasteiger partial charge on any atom is 0.391 e. The largest absolute Gasteiger partial charge is 0.391 e. The lowest BCUT2D eigenvalue weighted by Gasteiger charge is -2.53. The lowest BCUT2D eigenvalue weighted by Crippen LogP contribution is -2.69. The Morgan fingerprint density at radius 1 is 1.34 bits per heavy atom. The summed E-state index contributed by atoms with van der Waals surface area (Å²) in [5.41, 5.74) is 3.42. The predicted molar refractivity (Wildman–Crippen MR) is 94.1 cm³/mol. The highest BCUT2D eigenvalue weighted by Gasteiger charge is 2.59. The van der Waals surface area contributed by atoms with Gasteiger partial charge < -0.3 is 16.0 Å². The number of primary amides is 1. The number of halogens is 6. The van der Waals surface area contributed by atoms with Crippen LogP contribution in [0.5, 0.6) is 0 Å². The van der Waals surface area contributed by atoms with E-state index in [0.717, 1.165) is 17.0 Å². The molecule has 0 bridgehead atoms. The number of nitrogens with two attached hydrogens (primary N) is 1. The van der Waals surface area contributed by atoms with Crippen molar-refractivity contribution in [2.75, 3.05) is 13.1 Å². The molecule has 5 nitrogen and oxygen atoms in total. The fourth-order valence-electron chi connectivity index (χ4n) is 4.46. The van der Waals surface area contributed by atoms with Crippen molar-refractivity contribution in [3.8, 4) is 0 Å². The molecule has 11 heteroatoms. The molecule has 2 fully saturated rings. The lowest BCUT2D eigenvalue weighted by atomic mass is 9.59. The minimum Gasteiger partial charge on any atom is -0.352 e. The van der Waals surface area contributed by atoms with Crippen LogP contribution in [-0.4, -0.2) is 41.6 Å². The molecule has 1 heterocycles. The van der Waals surface area contributed by atoms with Crippen molar-refractivity contribution in [3.05, 3.63) is 34.4 Å². The Morgan fingerprint density at radius 2 is 1.97 bits per heavy atom. The minimum absolute atomic E-state index is 0.0000383. The molecule has 3 rings (SSSR count). The van der Waals surface area contributed by atoms with Gasteiger partial charge in [0, 0.05) is 19.0 Å². The van der Waals surface area contributed by atoms with Crippen molar-refractivity contribution in [2.24, 2.45) is 17.6 Å². The van der Waals surface area contributed by atoms with Gasteiger partial charge in [-0.15, -0.1) is 0 Å². The molecule has 29 heavy (non-hydrogen) atoms. The lowest BCUT2D eigenvalue weighted by molar-refractivity contribution is -0.209. The van der Waals surface area contributed by atoms with E-state index in [9.17, 15) is 31.5 Å². The quantitative estimate of drug-likeness (QED) is 0.558. The summed E-state index contributed by atoms with van der Waals surface area (Å²) in [6, 6.07) is 0.966. The van der Waals surface area contributed by atoms with Crippen LogP contribution in [0.2, 0.25) is 5.02 Å². The van der Waals surface area contributed by atoms with E-state index in [2.05, 4.69) is 5.32 Å². The molecule has 1 aromatic rings. The number of nitrogens with one attached hydrogen (secondary N) is 1. The number of benzene rings is 1. The molecular weight excluding hydrogens is 421 g/mol. The molecule has 3 N–H and O–H groups in total. The van der Waals surface area contributed by atoms with Gasteiger partial charge in [-0.1, -0.05) is 17.7 Å². The van der Waals surface area contributed by atoms with Crippen molar-refractivity contribution in [1.29, 1.82) is 0 Å². The molecule has 1 saturated carbocycles. The first-order valence-corrected chi connectivity index (χ1v) is 9.32. The van der Waals surface area contributed by atoms with E-state index in [-0.39, 0.29) is 31.5 Å². The number of amides is 3. The van der Waals surface area contributed by atoms with Crippen LogP contribution in [0, 0.1) is 23.5 Å². The molecule has 2 aliphatic rings. The molecule has 0 radical (unpaired) electrons. The van der Waals surface area contributed by atoms with Crippen LogP contribution in [0.15, 0.2) is 12.1 Å². The van der Waals surface area contributed by atoms with Crippen LogP contribution >= 0.6 is 11.6 Å². The van der Waals surface area contributed by atoms with Gasteiger partial charge in [0.05, 0.1) is 5.92 Å². The number of nitrogens with zero attached hydrogens (tertiary/aromatic N) is 1. The monoisotopic (exact) mass is 439 g/mol. The van der Waals surface area contributed by atoms with E-state index in [1.54, 1.807) is 0 Å². The van der Waals surface area contributed by atoms with Crippen LogP contribution in [-0.2, 0) is 4.79 Å². The van der Waals surface area contributed by atoms with Gasteiger partial charge in [0.25, 0.3) is 0 Å². The molecule has 2 atom stereocenters. The summed E-state index contributed by atoms with van der Waals surface area (Å²) in [5.74, 6) is -6.50. The number of alkyl halides is 3. The fourth-order valence-corrected chi connectivity index (χ4v) is 4.63. The third kappa shape index (κ3) is 3.51. The molecule has 1 aromatic carbocycles. The van der Waals surface area contributed by atoms with Gasteiger partial charge in [-0.3, -0.25) is 4.79 Å². The van der Waals surface area contributed by atoms with Crippen LogP contribution in [0.1, 0.15) is 31.2 Å². The Bertz CT molecular complexity index is 844. The average Bonchev–Trinajstić information content (AvgIpc) is 2.57. The van der Waals surface area contributed by atoms with Gasteiger partial charge >= 0.3 is 12.2 Å². The number of hydrogen-bond donors (Lipinski definition) is 2. The number of carbonyl (C=O) groups excluding carboxylic acids is 2. The van der Waals surface area contributed by atoms with Crippen molar-refractivity contribution in [3.63, 3.8) is 0 Å². The van der Waals surface area contributed by atoms with E-state index in [1.165, 1.54) is 6.92 Å². The second kappa shape index (κ2) is 7.30. The maximum atomic E-state index is 14.9. The number of piperazine rings is 1. The second-order valence-electron chi connectivity index (χ2n) is 7.61. The van der Waals surface area contributed by atoms with Gasteiger partial charge in [0.15, 0.2) is 0 Å². The molecule has 1 aliphatic heterocycles. The predicted octanol–water partition coefficient (Wildman–Crippen LogP) is 3.56. The summed E-state index contributed by atoms with van der Waals surface area (Å²) in [6.45, 7) is 1.42. The van der Waals surface area contributed by atoms with Crippen LogP contribution in [0.3, 0.4) is 0 Å². The summed E-state index contributed by atoms with van der Waals surface area (Å²) in [6.07, 6.45) is -5.16. The van der Waals surface area contributed by atoms with Gasteiger partial charge in [0.2, 0.25) is 5.91 Å². The summed E-state index contributed by atoms with van der Waals surface area (Å²) >= 11 is 5.68. The molecule has 0 spiro atoms. The van der Waals surface area contributed by atoms with E-state index in [0.29, 0.717) is 0 Å². The molecule has 0 aromatic heterocycles. The first kappa shape index (κ1) is 21.6. The van der Waals surface area contributed by atoms with Crippen molar-refractivity contribution in [2.45, 2.75) is 37.4 Å². The Labute approximate surface area is 168 Å². The molecule has 3 amide bonds. The van der Waals surface area contributed by atoms with Gasteiger partial charge in [-0.05, 0) is 37.3 Å². The molecule has 1 saturated heterocycles. The highest BCUT2D eigenvalue weighted by molar-refractivity contribution is 6.31. The van der Waals surface area contributed by atoms with Gasteiger partial charge in [-0.2, -0.15) is 13.2 Å². The third-order valence-electron chi connectivity index (χ3n) is 6.02. The van der Waals surface area contributed by atoms with Gasteiger partial charge in [-0.25, -0.2) is 13.6 Å². The summed E-state index contributed by atoms with van der Waals surface area (Å²) in [4.78, 5) is 25.9. The smallest absolute Gasteiger partial charge is 0.352 e. The Hall–Kier alpha value is -2.10. The number of hydrogen-bond acceptors (Lipinski definition) is 2. The Morgan fingerprint density at radius 3 is 2.52 bits per heavy atom. The maximum absolute atomic E-state index is 14.9. The Kier molecular flexibility index (Phi) is 5.44. The minimum atomic E-state index is -4.43. The highest BCUT2D eigenvalue weighted by atomic mass is 35.5. The zero-order chi connectivity index (χ0) is 21.7. The zero-order valence-electron chi connectivity index (χ0n) is 15.3. The Balaban J connectivity index is 2.12. The second-order valence-corrected chi connectivity index (χ2v) is 7.98. The number of carbonyl (C=O) groups is 2. The van der Waals surface area contributed by atoms with Crippen LogP contribution < -0.4 is 11.1 Å². The van der Waals surface area contributed by atoms with Crippen molar-refractivity contribution < 1.29 is 31.5 Å². The SMILES string of the molecule is CC1([C@H](c2ccc(F)c(Cl)c2F)C2CC(C(F)(F)F)C2)C(=O)NCCN1C(N)=O. The molecule has 160 valence electrons. The number of rotatable bonds is 3. The third-order valence-corrected chi connectivity index (χ3v) is 6.37. The normalized spacial score (nSPS) is 28.5. The standard InChI is InChI=1S/C18H19ClF5N3O2/c1-17(15(28)26-4-5-27(17)16(25)29)12(8-6-9(7-8)18(22,23)24)10-2-3-11(20)13(19)14(10)21/h2-3,8-9,12H,4-7H2,1H3,(H2,25,29)(H,26,28)/t8?,9?,12-,17?/m0/s1. The van der Waals surface area contributed by atoms with E-state index < -0.39 is 58.1 Å². The van der Waals surface area contributed by atoms with Crippen molar-refractivity contribution >= 4 is 23.5 Å². The first-order valence-electron chi connectivity index (χ1n) is 8.94. The van der Waals surface area contributed by atoms with E-state index in [4.69, 9.17) is 17.3 Å². The fraction of sp³-hybridized carbons (Fsp3) is 0.556. The molecule has 1 aliphatic carbocycles. The summed E-state index contributed by atoms with van der Waals surface area (Å²) < 4.78 is 67.7.